The molecule has 0 aliphatic carbocycles. The summed E-state index contributed by atoms with van der Waals surface area (Å²) in [4.78, 5) is 32.2. The number of pyridine rings is 1. The van der Waals surface area contributed by atoms with Crippen LogP contribution in [0.1, 0.15) is 17.9 Å². The van der Waals surface area contributed by atoms with Crippen LogP contribution in [0.15, 0.2) is 48.2 Å². The molecule has 1 fully saturated rings. The third-order valence-corrected chi connectivity index (χ3v) is 6.07. The molecule has 4 aromatic heterocycles. The van der Waals surface area contributed by atoms with E-state index in [2.05, 4.69) is 25.4 Å². The maximum atomic E-state index is 12.4. The van der Waals surface area contributed by atoms with Gasteiger partial charge in [0, 0.05) is 50.7 Å². The Kier molecular flexibility index (Phi) is 4.91. The van der Waals surface area contributed by atoms with E-state index in [9.17, 15) is 4.79 Å². The molecule has 156 valence electrons. The van der Waals surface area contributed by atoms with E-state index in [0.717, 1.165) is 34.9 Å². The lowest BCUT2D eigenvalue weighted by molar-refractivity contribution is -0.127. The second-order valence-corrected chi connectivity index (χ2v) is 8.24. The lowest BCUT2D eigenvalue weighted by Gasteiger charge is -2.11. The van der Waals surface area contributed by atoms with Crippen molar-refractivity contribution in [3.8, 4) is 22.1 Å². The number of nitrogens with zero attached hydrogens (tertiary/aromatic N) is 7. The molecule has 9 nitrogen and oxygen atoms in total. The summed E-state index contributed by atoms with van der Waals surface area (Å²) in [6.45, 7) is 0.782. The van der Waals surface area contributed by atoms with Crippen molar-refractivity contribution in [2.75, 3.05) is 18.9 Å². The molecule has 10 heteroatoms. The number of nitrogens with one attached hydrogen (secondary N) is 1. The van der Waals surface area contributed by atoms with Gasteiger partial charge < -0.3 is 10.2 Å². The largest absolute Gasteiger partial charge is 0.345 e. The highest BCUT2D eigenvalue weighted by Crippen LogP contribution is 2.31. The van der Waals surface area contributed by atoms with Gasteiger partial charge >= 0.3 is 0 Å². The topological polar surface area (TPSA) is 102 Å². The molecule has 5 heterocycles. The fourth-order valence-electron chi connectivity index (χ4n) is 3.58. The van der Waals surface area contributed by atoms with Gasteiger partial charge in [0.1, 0.15) is 16.4 Å². The maximum Gasteiger partial charge on any atom is 0.229 e. The maximum absolute atomic E-state index is 12.4. The Morgan fingerprint density at radius 1 is 1.06 bits per heavy atom. The number of aromatic nitrogens is 6. The molecular formula is C21H20N8OS. The first kappa shape index (κ1) is 19.3. The number of hydrogen-bond acceptors (Lipinski definition) is 8. The highest BCUT2D eigenvalue weighted by atomic mass is 32.1. The van der Waals surface area contributed by atoms with E-state index in [1.165, 1.54) is 11.3 Å². The van der Waals surface area contributed by atoms with Gasteiger partial charge in [-0.25, -0.2) is 15.0 Å². The van der Waals surface area contributed by atoms with E-state index in [1.807, 2.05) is 49.9 Å². The van der Waals surface area contributed by atoms with Crippen molar-refractivity contribution >= 4 is 29.0 Å². The lowest BCUT2D eigenvalue weighted by atomic mass is 9.98. The average molecular weight is 433 g/mol. The Balaban J connectivity index is 1.39. The number of carbonyl (C=O) groups excluding carboxylic acids is 1. The second kappa shape index (κ2) is 7.88. The third-order valence-electron chi connectivity index (χ3n) is 5.21. The third kappa shape index (κ3) is 3.89. The molecule has 0 saturated carbocycles. The average Bonchev–Trinajstić information content (AvgIpc) is 3.50. The molecule has 31 heavy (non-hydrogen) atoms. The van der Waals surface area contributed by atoms with Gasteiger partial charge in [-0.2, -0.15) is 5.10 Å². The molecule has 1 unspecified atom stereocenters. The van der Waals surface area contributed by atoms with Crippen LogP contribution in [0, 0.1) is 0 Å². The molecular weight excluding hydrogens is 412 g/mol. The lowest BCUT2D eigenvalue weighted by Crippen LogP contribution is -2.21. The number of hydrogen-bond donors (Lipinski definition) is 1. The van der Waals surface area contributed by atoms with Crippen LogP contribution >= 0.6 is 11.3 Å². The summed E-state index contributed by atoms with van der Waals surface area (Å²) in [6, 6.07) is 7.55. The van der Waals surface area contributed by atoms with E-state index < -0.39 is 0 Å². The number of likely N-dealkylation sites (N-methyl/N-ethyl adjacent to an activating group) is 1. The molecule has 1 aliphatic rings. The van der Waals surface area contributed by atoms with Crippen molar-refractivity contribution in [2.45, 2.75) is 12.3 Å². The monoisotopic (exact) mass is 432 g/mol. The second-order valence-electron chi connectivity index (χ2n) is 7.38. The fraction of sp³-hybridized carbons (Fsp3) is 0.238. The zero-order chi connectivity index (χ0) is 21.4. The normalized spacial score (nSPS) is 16.1. The van der Waals surface area contributed by atoms with Crippen molar-refractivity contribution in [3.05, 3.63) is 53.8 Å². The highest BCUT2D eigenvalue weighted by molar-refractivity contribution is 7.13. The van der Waals surface area contributed by atoms with Crippen LogP contribution in [0.3, 0.4) is 0 Å². The molecule has 1 amide bonds. The van der Waals surface area contributed by atoms with Crippen LogP contribution in [0.25, 0.3) is 22.1 Å². The number of aryl methyl sites for hydroxylation is 1. The van der Waals surface area contributed by atoms with Crippen LogP contribution in [0.5, 0.6) is 0 Å². The molecule has 0 aromatic carbocycles. The fourth-order valence-corrected chi connectivity index (χ4v) is 4.36. The quantitative estimate of drug-likeness (QED) is 0.517. The minimum absolute atomic E-state index is 0.105. The number of amides is 1. The van der Waals surface area contributed by atoms with Gasteiger partial charge in [-0.05, 0) is 30.2 Å². The summed E-state index contributed by atoms with van der Waals surface area (Å²) >= 11 is 1.49. The van der Waals surface area contributed by atoms with Crippen LogP contribution in [0.4, 0.5) is 11.8 Å². The molecule has 4 aromatic rings. The van der Waals surface area contributed by atoms with Crippen LogP contribution in [-0.2, 0) is 11.8 Å². The Morgan fingerprint density at radius 3 is 2.71 bits per heavy atom. The van der Waals surface area contributed by atoms with E-state index in [4.69, 9.17) is 4.98 Å². The SMILES string of the molecule is CN1CCC(c2ccnc(-c3csc(-c4ccnc(Nc5ccn(C)n5)n4)n3)c2)C1=O. The summed E-state index contributed by atoms with van der Waals surface area (Å²) in [5.41, 5.74) is 3.22. The standard InChI is InChI=1S/C21H20N8OS/c1-28-9-5-14(20(28)30)13-3-7-22-16(11-13)17-12-31-19(24-17)15-4-8-23-21(25-15)26-18-6-10-29(2)27-18/h3-4,6-8,10-12,14H,5,9H2,1-2H3,(H,23,25,26,27). The predicted molar refractivity (Wildman–Crippen MR) is 118 cm³/mol. The van der Waals surface area contributed by atoms with Crippen LogP contribution in [0.2, 0.25) is 0 Å². The summed E-state index contributed by atoms with van der Waals surface area (Å²) in [7, 11) is 3.69. The van der Waals surface area contributed by atoms with Crippen molar-refractivity contribution in [1.82, 2.24) is 34.6 Å². The van der Waals surface area contributed by atoms with Crippen LogP contribution < -0.4 is 5.32 Å². The van der Waals surface area contributed by atoms with Gasteiger partial charge in [0.15, 0.2) is 5.82 Å². The Labute approximate surface area is 182 Å². The minimum atomic E-state index is -0.105. The number of likely N-dealkylation sites (tertiary alicyclic amines) is 1. The summed E-state index contributed by atoms with van der Waals surface area (Å²) < 4.78 is 1.71. The Morgan fingerprint density at radius 2 is 1.94 bits per heavy atom. The number of rotatable bonds is 5. The van der Waals surface area contributed by atoms with Crippen molar-refractivity contribution in [1.29, 1.82) is 0 Å². The number of carbonyl (C=O) groups is 1. The predicted octanol–water partition coefficient (Wildman–Crippen LogP) is 3.08. The van der Waals surface area contributed by atoms with E-state index in [-0.39, 0.29) is 11.8 Å². The molecule has 1 saturated heterocycles. The first-order valence-corrected chi connectivity index (χ1v) is 10.7. The number of anilines is 2. The first-order valence-electron chi connectivity index (χ1n) is 9.84. The molecule has 1 aliphatic heterocycles. The molecule has 0 spiro atoms. The summed E-state index contributed by atoms with van der Waals surface area (Å²) in [5, 5.41) is 10.1. The molecule has 1 N–H and O–H groups in total. The molecule has 1 atom stereocenters. The Hall–Kier alpha value is -3.66. The van der Waals surface area contributed by atoms with E-state index >= 15 is 0 Å². The molecule has 5 rings (SSSR count). The van der Waals surface area contributed by atoms with Gasteiger partial charge in [-0.3, -0.25) is 14.5 Å². The van der Waals surface area contributed by atoms with Crippen LogP contribution in [-0.4, -0.2) is 54.1 Å². The van der Waals surface area contributed by atoms with Gasteiger partial charge in [0.05, 0.1) is 11.6 Å². The van der Waals surface area contributed by atoms with Gasteiger partial charge in [-0.15, -0.1) is 11.3 Å². The Bertz CT molecular complexity index is 1250. The first-order chi connectivity index (χ1) is 15.1. The van der Waals surface area contributed by atoms with Gasteiger partial charge in [0.25, 0.3) is 0 Å². The van der Waals surface area contributed by atoms with Gasteiger partial charge in [0.2, 0.25) is 11.9 Å². The molecule has 0 radical (unpaired) electrons. The zero-order valence-electron chi connectivity index (χ0n) is 17.1. The highest BCUT2D eigenvalue weighted by Gasteiger charge is 2.30. The zero-order valence-corrected chi connectivity index (χ0v) is 17.9. The minimum Gasteiger partial charge on any atom is -0.345 e. The number of thiazole rings is 1. The van der Waals surface area contributed by atoms with Crippen molar-refractivity contribution in [2.24, 2.45) is 7.05 Å². The van der Waals surface area contributed by atoms with Crippen molar-refractivity contribution < 1.29 is 4.79 Å². The van der Waals surface area contributed by atoms with E-state index in [0.29, 0.717) is 17.5 Å². The summed E-state index contributed by atoms with van der Waals surface area (Å²) in [5.74, 6) is 1.18. The van der Waals surface area contributed by atoms with E-state index in [1.54, 1.807) is 22.0 Å². The molecule has 0 bridgehead atoms. The van der Waals surface area contributed by atoms with Crippen molar-refractivity contribution in [3.63, 3.8) is 0 Å². The summed E-state index contributed by atoms with van der Waals surface area (Å²) in [6.07, 6.45) is 6.11. The van der Waals surface area contributed by atoms with Gasteiger partial charge in [-0.1, -0.05) is 0 Å². The smallest absolute Gasteiger partial charge is 0.229 e.